The van der Waals surface area contributed by atoms with Gasteiger partial charge >= 0.3 is 0 Å². The minimum Gasteiger partial charge on any atom is -0.344 e. The number of fused-ring (bicyclic) bond motifs is 1. The lowest BCUT2D eigenvalue weighted by Crippen LogP contribution is -2.30. The Hall–Kier alpha value is -2.11. The number of aryl methyl sites for hydroxylation is 1. The van der Waals surface area contributed by atoms with Gasteiger partial charge in [0.25, 0.3) is 5.91 Å². The lowest BCUT2D eigenvalue weighted by atomic mass is 9.93. The van der Waals surface area contributed by atoms with Gasteiger partial charge in [-0.05, 0) is 24.8 Å². The summed E-state index contributed by atoms with van der Waals surface area (Å²) in [7, 11) is 0. The van der Waals surface area contributed by atoms with Gasteiger partial charge in [0.2, 0.25) is 0 Å². The van der Waals surface area contributed by atoms with Crippen molar-refractivity contribution >= 4 is 5.91 Å². The van der Waals surface area contributed by atoms with E-state index in [1.54, 1.807) is 6.20 Å². The number of carbonyl (C=O) groups excluding carboxylic acids is 1. The highest BCUT2D eigenvalue weighted by atomic mass is 16.1. The van der Waals surface area contributed by atoms with E-state index in [1.807, 2.05) is 6.20 Å². The molecule has 0 spiro atoms. The van der Waals surface area contributed by atoms with Crippen molar-refractivity contribution in [2.75, 3.05) is 0 Å². The van der Waals surface area contributed by atoms with Crippen LogP contribution in [-0.4, -0.2) is 26.3 Å². The number of rotatable bonds is 2. The zero-order chi connectivity index (χ0) is 11.7. The predicted octanol–water partition coefficient (Wildman–Crippen LogP) is 0.940. The van der Waals surface area contributed by atoms with Crippen molar-refractivity contribution in [1.82, 2.24) is 25.7 Å². The van der Waals surface area contributed by atoms with Crippen molar-refractivity contribution in [3.05, 3.63) is 35.4 Å². The first-order chi connectivity index (χ1) is 8.34. The molecule has 88 valence electrons. The maximum Gasteiger partial charge on any atom is 0.254 e. The number of nitrogens with zero attached hydrogens (tertiary/aromatic N) is 2. The summed E-state index contributed by atoms with van der Waals surface area (Å²) in [4.78, 5) is 11.9. The molecule has 1 unspecified atom stereocenters. The van der Waals surface area contributed by atoms with E-state index in [4.69, 9.17) is 0 Å². The summed E-state index contributed by atoms with van der Waals surface area (Å²) in [6.45, 7) is 0. The van der Waals surface area contributed by atoms with Gasteiger partial charge in [-0.15, -0.1) is 0 Å². The largest absolute Gasteiger partial charge is 0.344 e. The Kier molecular flexibility index (Phi) is 2.40. The second-order valence-electron chi connectivity index (χ2n) is 4.21. The Morgan fingerprint density at radius 1 is 1.41 bits per heavy atom. The Labute approximate surface area is 97.8 Å². The minimum atomic E-state index is -0.105. The van der Waals surface area contributed by atoms with Gasteiger partial charge in [0.05, 0.1) is 29.7 Å². The smallest absolute Gasteiger partial charge is 0.254 e. The van der Waals surface area contributed by atoms with Crippen molar-refractivity contribution in [1.29, 1.82) is 0 Å². The topological polar surface area (TPSA) is 86.5 Å². The third-order valence-corrected chi connectivity index (χ3v) is 3.10. The van der Waals surface area contributed by atoms with Gasteiger partial charge in [-0.2, -0.15) is 10.2 Å². The van der Waals surface area contributed by atoms with Crippen molar-refractivity contribution in [2.45, 2.75) is 25.3 Å². The molecule has 0 radical (unpaired) electrons. The molecule has 0 fully saturated rings. The fourth-order valence-corrected chi connectivity index (χ4v) is 2.22. The van der Waals surface area contributed by atoms with Crippen LogP contribution in [0.2, 0.25) is 0 Å². The average Bonchev–Trinajstić information content (AvgIpc) is 3.00. The van der Waals surface area contributed by atoms with Crippen LogP contribution in [0, 0.1) is 0 Å². The minimum absolute atomic E-state index is 0.0312. The quantitative estimate of drug-likeness (QED) is 0.719. The average molecular weight is 231 g/mol. The number of hydrogen-bond donors (Lipinski definition) is 3. The number of carbonyl (C=O) groups is 1. The van der Waals surface area contributed by atoms with E-state index in [9.17, 15) is 4.79 Å². The Bertz CT molecular complexity index is 516. The van der Waals surface area contributed by atoms with Crippen LogP contribution in [-0.2, 0) is 6.42 Å². The van der Waals surface area contributed by atoms with Crippen molar-refractivity contribution in [3.63, 3.8) is 0 Å². The molecule has 17 heavy (non-hydrogen) atoms. The second-order valence-corrected chi connectivity index (χ2v) is 4.21. The summed E-state index contributed by atoms with van der Waals surface area (Å²) in [6, 6.07) is 0.0312. The van der Waals surface area contributed by atoms with Crippen molar-refractivity contribution < 1.29 is 4.79 Å². The molecule has 2 aromatic rings. The van der Waals surface area contributed by atoms with Crippen LogP contribution in [0.15, 0.2) is 18.6 Å². The van der Waals surface area contributed by atoms with E-state index in [0.717, 1.165) is 25.0 Å². The fourth-order valence-electron chi connectivity index (χ4n) is 2.22. The summed E-state index contributed by atoms with van der Waals surface area (Å²) >= 11 is 0. The first-order valence-corrected chi connectivity index (χ1v) is 5.66. The van der Waals surface area contributed by atoms with Gasteiger partial charge in [-0.3, -0.25) is 15.0 Å². The van der Waals surface area contributed by atoms with Gasteiger partial charge in [-0.1, -0.05) is 0 Å². The molecule has 0 aromatic carbocycles. The van der Waals surface area contributed by atoms with Gasteiger partial charge < -0.3 is 5.32 Å². The van der Waals surface area contributed by atoms with Gasteiger partial charge in [0.15, 0.2) is 0 Å². The Morgan fingerprint density at radius 2 is 2.35 bits per heavy atom. The Morgan fingerprint density at radius 3 is 3.18 bits per heavy atom. The number of nitrogens with one attached hydrogen (secondary N) is 3. The lowest BCUT2D eigenvalue weighted by molar-refractivity contribution is 0.0932. The zero-order valence-corrected chi connectivity index (χ0v) is 9.23. The Balaban J connectivity index is 1.77. The molecule has 0 saturated heterocycles. The molecule has 2 heterocycles. The molecule has 1 atom stereocenters. The van der Waals surface area contributed by atoms with E-state index in [-0.39, 0.29) is 11.9 Å². The van der Waals surface area contributed by atoms with Crippen LogP contribution in [0.4, 0.5) is 0 Å². The molecule has 3 N–H and O–H groups in total. The molecule has 1 aliphatic carbocycles. The monoisotopic (exact) mass is 231 g/mol. The summed E-state index contributed by atoms with van der Waals surface area (Å²) in [5.41, 5.74) is 2.79. The van der Waals surface area contributed by atoms with Crippen LogP contribution in [0.25, 0.3) is 0 Å². The van der Waals surface area contributed by atoms with Crippen LogP contribution >= 0.6 is 0 Å². The summed E-state index contributed by atoms with van der Waals surface area (Å²) in [5, 5.41) is 16.4. The molecule has 1 aliphatic rings. The van der Waals surface area contributed by atoms with E-state index >= 15 is 0 Å². The first-order valence-electron chi connectivity index (χ1n) is 5.66. The maximum absolute atomic E-state index is 11.9. The molecule has 1 amide bonds. The third kappa shape index (κ3) is 1.82. The van der Waals surface area contributed by atoms with Crippen LogP contribution in [0.1, 0.15) is 40.5 Å². The SMILES string of the molecule is O=C(NC1CCCc2cn[nH]c21)c1cn[nH]c1. The second kappa shape index (κ2) is 4.04. The fraction of sp³-hybridized carbons (Fsp3) is 0.364. The van der Waals surface area contributed by atoms with E-state index < -0.39 is 0 Å². The predicted molar refractivity (Wildman–Crippen MR) is 60.3 cm³/mol. The highest BCUT2D eigenvalue weighted by Gasteiger charge is 2.23. The number of H-pyrrole nitrogens is 2. The summed E-state index contributed by atoms with van der Waals surface area (Å²) in [5.74, 6) is -0.105. The van der Waals surface area contributed by atoms with Crippen LogP contribution < -0.4 is 5.32 Å². The number of hydrogen-bond acceptors (Lipinski definition) is 3. The molecule has 3 rings (SSSR count). The highest BCUT2D eigenvalue weighted by molar-refractivity contribution is 5.93. The number of amides is 1. The molecule has 2 aromatic heterocycles. The van der Waals surface area contributed by atoms with Gasteiger partial charge in [-0.25, -0.2) is 0 Å². The van der Waals surface area contributed by atoms with Crippen molar-refractivity contribution in [3.8, 4) is 0 Å². The normalized spacial score (nSPS) is 18.7. The standard InChI is InChI=1S/C11H13N5O/c17-11(8-5-12-13-6-8)15-9-3-1-2-7-4-14-16-10(7)9/h4-6,9H,1-3H2,(H,12,13)(H,14,16)(H,15,17). The number of aromatic amines is 2. The summed E-state index contributed by atoms with van der Waals surface area (Å²) < 4.78 is 0. The maximum atomic E-state index is 11.9. The molecule has 0 bridgehead atoms. The van der Waals surface area contributed by atoms with Crippen LogP contribution in [0.5, 0.6) is 0 Å². The first kappa shape index (κ1) is 10.1. The van der Waals surface area contributed by atoms with Crippen molar-refractivity contribution in [2.24, 2.45) is 0 Å². The molecule has 6 heteroatoms. The lowest BCUT2D eigenvalue weighted by Gasteiger charge is -2.22. The van der Waals surface area contributed by atoms with E-state index in [1.165, 1.54) is 11.8 Å². The molecular weight excluding hydrogens is 218 g/mol. The van der Waals surface area contributed by atoms with Crippen LogP contribution in [0.3, 0.4) is 0 Å². The zero-order valence-electron chi connectivity index (χ0n) is 9.23. The molecule has 0 saturated carbocycles. The molecule has 0 aliphatic heterocycles. The van der Waals surface area contributed by atoms with E-state index in [2.05, 4.69) is 25.7 Å². The molecular formula is C11H13N5O. The third-order valence-electron chi connectivity index (χ3n) is 3.10. The summed E-state index contributed by atoms with van der Waals surface area (Å²) in [6.07, 6.45) is 8.00. The van der Waals surface area contributed by atoms with Gasteiger partial charge in [0, 0.05) is 6.20 Å². The number of aromatic nitrogens is 4. The van der Waals surface area contributed by atoms with Gasteiger partial charge in [0.1, 0.15) is 0 Å². The highest BCUT2D eigenvalue weighted by Crippen LogP contribution is 2.27. The molecule has 6 nitrogen and oxygen atoms in total. The van der Waals surface area contributed by atoms with E-state index in [0.29, 0.717) is 5.56 Å².